The number of ether oxygens (including phenoxy) is 1. The molecule has 0 amide bonds. The Balaban J connectivity index is 1.78. The molecular weight excluding hydrogens is 426 g/mol. The second-order valence-electron chi connectivity index (χ2n) is 8.12. The van der Waals surface area contributed by atoms with E-state index < -0.39 is 21.0 Å². The average molecular weight is 443 g/mol. The van der Waals surface area contributed by atoms with E-state index >= 15 is 0 Å². The van der Waals surface area contributed by atoms with Gasteiger partial charge in [0.2, 0.25) is 15.7 Å². The first-order valence-electron chi connectivity index (χ1n) is 10.2. The van der Waals surface area contributed by atoms with Crippen LogP contribution in [0.25, 0.3) is 10.8 Å². The van der Waals surface area contributed by atoms with Crippen molar-refractivity contribution in [1.82, 2.24) is 0 Å². The number of ketones is 2. The number of carbonyl (C=O) groups is 2. The number of rotatable bonds is 2. The third-order valence-electron chi connectivity index (χ3n) is 6.53. The van der Waals surface area contributed by atoms with Crippen LogP contribution in [0.3, 0.4) is 0 Å². The molecule has 32 heavy (non-hydrogen) atoms. The summed E-state index contributed by atoms with van der Waals surface area (Å²) in [5.74, 6) is -0.850. The molecule has 6 rings (SSSR count). The molecule has 1 unspecified atom stereocenters. The maximum Gasteiger partial charge on any atom is 0.209 e. The van der Waals surface area contributed by atoms with Gasteiger partial charge in [0.05, 0.1) is 10.5 Å². The highest BCUT2D eigenvalue weighted by Gasteiger charge is 2.63. The Morgan fingerprint density at radius 2 is 1.59 bits per heavy atom. The van der Waals surface area contributed by atoms with Crippen molar-refractivity contribution >= 4 is 32.2 Å². The lowest BCUT2D eigenvalue weighted by molar-refractivity contribution is -0.115. The van der Waals surface area contributed by atoms with Crippen molar-refractivity contribution in [2.45, 2.75) is 23.2 Å². The third kappa shape index (κ3) is 2.11. The molecule has 2 aliphatic carbocycles. The van der Waals surface area contributed by atoms with Gasteiger partial charge in [0, 0.05) is 18.4 Å². The number of carbonyl (C=O) groups excluding carboxylic acids is 2. The first-order chi connectivity index (χ1) is 15.4. The quantitative estimate of drug-likeness (QED) is 0.650. The highest BCUT2D eigenvalue weighted by Crippen LogP contribution is 2.58. The fourth-order valence-electron chi connectivity index (χ4n) is 5.32. The zero-order valence-electron chi connectivity index (χ0n) is 16.8. The molecule has 3 aliphatic rings. The van der Waals surface area contributed by atoms with Crippen LogP contribution in [0.1, 0.15) is 28.8 Å². The topological polar surface area (TPSA) is 104 Å². The zero-order valence-corrected chi connectivity index (χ0v) is 17.6. The van der Waals surface area contributed by atoms with Gasteiger partial charge in [-0.1, -0.05) is 54.6 Å². The van der Waals surface area contributed by atoms with Gasteiger partial charge >= 0.3 is 0 Å². The Hall–Kier alpha value is -3.71. The molecule has 0 saturated carbocycles. The first kappa shape index (κ1) is 19.0. The van der Waals surface area contributed by atoms with Crippen LogP contribution < -0.4 is 5.73 Å². The average Bonchev–Trinajstić information content (AvgIpc) is 3.27. The Labute approximate surface area is 183 Å². The van der Waals surface area contributed by atoms with Gasteiger partial charge in [-0.05, 0) is 28.5 Å². The number of hydrogen-bond donors (Lipinski definition) is 1. The molecule has 0 radical (unpaired) electrons. The van der Waals surface area contributed by atoms with Crippen LogP contribution in [0.15, 0.2) is 93.7 Å². The summed E-state index contributed by atoms with van der Waals surface area (Å²) in [7, 11) is -4.29. The second-order valence-corrected chi connectivity index (χ2v) is 10.0. The van der Waals surface area contributed by atoms with Crippen LogP contribution in [0.5, 0.6) is 0 Å². The van der Waals surface area contributed by atoms with E-state index in [9.17, 15) is 18.0 Å². The lowest BCUT2D eigenvalue weighted by atomic mass is 9.71. The molecule has 1 heterocycles. The van der Waals surface area contributed by atoms with Crippen LogP contribution in [0.4, 0.5) is 0 Å². The minimum absolute atomic E-state index is 0.0219. The van der Waals surface area contributed by atoms with E-state index in [2.05, 4.69) is 0 Å². The number of hydrogen-bond acceptors (Lipinski definition) is 6. The minimum atomic E-state index is -4.29. The molecular formula is C25H17NO5S. The molecule has 7 heteroatoms. The van der Waals surface area contributed by atoms with E-state index in [1.807, 2.05) is 12.1 Å². The lowest BCUT2D eigenvalue weighted by Crippen LogP contribution is -2.45. The molecule has 2 N–H and O–H groups in total. The summed E-state index contributed by atoms with van der Waals surface area (Å²) in [4.78, 5) is 26.9. The highest BCUT2D eigenvalue weighted by atomic mass is 32.2. The molecule has 1 aliphatic heterocycles. The fraction of sp³-hybridized carbons (Fsp3) is 0.120. The Morgan fingerprint density at radius 3 is 2.34 bits per heavy atom. The number of fused-ring (bicyclic) bond motifs is 2. The van der Waals surface area contributed by atoms with Crippen LogP contribution in [-0.2, 0) is 24.8 Å². The standard InChI is InChI=1S/C25H17NO5S/c26-24-23(32(29,30)15-8-2-1-3-9-15)25(21-18(27)12-13-19(21)31-24)17-11-5-7-14-6-4-10-16(20(14)17)22(25)28/h1-11H,12-13,26H2. The van der Waals surface area contributed by atoms with Crippen molar-refractivity contribution in [2.24, 2.45) is 5.73 Å². The molecule has 0 bridgehead atoms. The number of benzene rings is 3. The van der Waals surface area contributed by atoms with Gasteiger partial charge in [0.15, 0.2) is 11.6 Å². The predicted octanol–water partition coefficient (Wildman–Crippen LogP) is 3.52. The summed E-state index contributed by atoms with van der Waals surface area (Å²) in [6.45, 7) is 0. The summed E-state index contributed by atoms with van der Waals surface area (Å²) < 4.78 is 33.6. The zero-order chi connectivity index (χ0) is 22.3. The van der Waals surface area contributed by atoms with Crippen LogP contribution in [0, 0.1) is 0 Å². The van der Waals surface area contributed by atoms with Crippen LogP contribution >= 0.6 is 0 Å². The summed E-state index contributed by atoms with van der Waals surface area (Å²) in [5, 5.41) is 1.43. The minimum Gasteiger partial charge on any atom is -0.444 e. The van der Waals surface area contributed by atoms with Crippen LogP contribution in [-0.4, -0.2) is 20.0 Å². The molecule has 0 fully saturated rings. The van der Waals surface area contributed by atoms with Gasteiger partial charge < -0.3 is 10.5 Å². The van der Waals surface area contributed by atoms with Gasteiger partial charge in [0.1, 0.15) is 16.1 Å². The fourth-order valence-corrected chi connectivity index (χ4v) is 7.09. The van der Waals surface area contributed by atoms with E-state index in [-0.39, 0.29) is 45.6 Å². The maximum atomic E-state index is 14.2. The van der Waals surface area contributed by atoms with Gasteiger partial charge in [-0.15, -0.1) is 0 Å². The summed E-state index contributed by atoms with van der Waals surface area (Å²) in [5.41, 5.74) is 5.33. The molecule has 6 nitrogen and oxygen atoms in total. The number of Topliss-reactive ketones (excluding diaryl/α,β-unsaturated/α-hetero) is 2. The lowest BCUT2D eigenvalue weighted by Gasteiger charge is -2.36. The number of sulfone groups is 1. The van der Waals surface area contributed by atoms with Gasteiger partial charge in [0.25, 0.3) is 0 Å². The third-order valence-corrected chi connectivity index (χ3v) is 8.46. The number of allylic oxidation sites excluding steroid dienone is 3. The summed E-state index contributed by atoms with van der Waals surface area (Å²) in [6.07, 6.45) is 0.410. The molecule has 0 saturated heterocycles. The van der Waals surface area contributed by atoms with Gasteiger partial charge in [-0.2, -0.15) is 0 Å². The van der Waals surface area contributed by atoms with Crippen molar-refractivity contribution in [2.75, 3.05) is 0 Å². The Bertz CT molecular complexity index is 1540. The van der Waals surface area contributed by atoms with E-state index in [4.69, 9.17) is 10.5 Å². The summed E-state index contributed by atoms with van der Waals surface area (Å²) in [6, 6.07) is 18.4. The summed E-state index contributed by atoms with van der Waals surface area (Å²) >= 11 is 0. The smallest absolute Gasteiger partial charge is 0.209 e. The normalized spacial score (nSPS) is 22.1. The molecule has 1 atom stereocenters. The molecule has 1 spiro atoms. The van der Waals surface area contributed by atoms with Crippen molar-refractivity contribution in [3.8, 4) is 0 Å². The maximum absolute atomic E-state index is 14.2. The highest BCUT2D eigenvalue weighted by molar-refractivity contribution is 7.95. The molecule has 3 aromatic rings. The molecule has 3 aromatic carbocycles. The van der Waals surface area contributed by atoms with Gasteiger partial charge in [-0.25, -0.2) is 8.42 Å². The van der Waals surface area contributed by atoms with Crippen molar-refractivity contribution in [3.63, 3.8) is 0 Å². The van der Waals surface area contributed by atoms with Crippen molar-refractivity contribution in [1.29, 1.82) is 0 Å². The SMILES string of the molecule is NC1=C(S(=O)(=O)c2ccccc2)C2(C(=O)c3cccc4cccc2c34)C2=C(CCC2=O)O1. The van der Waals surface area contributed by atoms with E-state index in [0.717, 1.165) is 5.39 Å². The van der Waals surface area contributed by atoms with Crippen LogP contribution in [0.2, 0.25) is 0 Å². The predicted molar refractivity (Wildman–Crippen MR) is 117 cm³/mol. The monoisotopic (exact) mass is 443 g/mol. The van der Waals surface area contributed by atoms with E-state index in [1.165, 1.54) is 12.1 Å². The van der Waals surface area contributed by atoms with Crippen molar-refractivity contribution < 1.29 is 22.7 Å². The van der Waals surface area contributed by atoms with E-state index in [1.54, 1.807) is 42.5 Å². The van der Waals surface area contributed by atoms with E-state index in [0.29, 0.717) is 16.5 Å². The Morgan fingerprint density at radius 1 is 0.875 bits per heavy atom. The van der Waals surface area contributed by atoms with Gasteiger partial charge in [-0.3, -0.25) is 9.59 Å². The first-order valence-corrected chi connectivity index (χ1v) is 11.7. The second kappa shape index (κ2) is 6.17. The Kier molecular flexibility index (Phi) is 3.67. The molecule has 158 valence electrons. The largest absolute Gasteiger partial charge is 0.444 e. The van der Waals surface area contributed by atoms with Crippen molar-refractivity contribution in [3.05, 3.63) is 100.0 Å². The number of nitrogens with two attached hydrogens (primary N) is 1. The molecule has 0 aromatic heterocycles.